The molecule has 0 spiro atoms. The first kappa shape index (κ1) is 8.38. The minimum atomic E-state index is 0.758. The van der Waals surface area contributed by atoms with Gasteiger partial charge in [-0.1, -0.05) is 30.3 Å². The predicted molar refractivity (Wildman–Crippen MR) is 55.2 cm³/mol. The Kier molecular flexibility index (Phi) is 2.36. The fourth-order valence-electron chi connectivity index (χ4n) is 1.13. The SMILES string of the molecule is Brc1cc(-c2ccccc2)cnn1. The van der Waals surface area contributed by atoms with Crippen LogP contribution < -0.4 is 0 Å². The molecule has 0 saturated carbocycles. The lowest BCUT2D eigenvalue weighted by Crippen LogP contribution is -1.83. The highest BCUT2D eigenvalue weighted by atomic mass is 79.9. The van der Waals surface area contributed by atoms with Gasteiger partial charge in [-0.15, -0.1) is 5.10 Å². The second-order valence-corrected chi connectivity index (χ2v) is 3.45. The van der Waals surface area contributed by atoms with E-state index in [0.717, 1.165) is 15.7 Å². The van der Waals surface area contributed by atoms with Crippen LogP contribution in [0.1, 0.15) is 0 Å². The molecule has 0 bridgehead atoms. The third-order valence-electron chi connectivity index (χ3n) is 1.73. The Balaban J connectivity index is 2.48. The molecule has 0 atom stereocenters. The minimum Gasteiger partial charge on any atom is -0.157 e. The van der Waals surface area contributed by atoms with Gasteiger partial charge in [0, 0.05) is 5.56 Å². The van der Waals surface area contributed by atoms with Crippen LogP contribution in [0.4, 0.5) is 0 Å². The van der Waals surface area contributed by atoms with E-state index in [9.17, 15) is 0 Å². The molecule has 0 radical (unpaired) electrons. The summed E-state index contributed by atoms with van der Waals surface area (Å²) in [7, 11) is 0. The van der Waals surface area contributed by atoms with Crippen LogP contribution in [0.5, 0.6) is 0 Å². The second-order valence-electron chi connectivity index (χ2n) is 2.63. The maximum atomic E-state index is 3.86. The Morgan fingerprint density at radius 1 is 1.00 bits per heavy atom. The molecule has 64 valence electrons. The van der Waals surface area contributed by atoms with Crippen LogP contribution in [0.2, 0.25) is 0 Å². The molecule has 1 aromatic carbocycles. The zero-order valence-corrected chi connectivity index (χ0v) is 8.40. The number of rotatable bonds is 1. The predicted octanol–water partition coefficient (Wildman–Crippen LogP) is 2.91. The fourth-order valence-corrected chi connectivity index (χ4v) is 1.47. The van der Waals surface area contributed by atoms with Gasteiger partial charge in [-0.3, -0.25) is 0 Å². The molecule has 0 aliphatic rings. The van der Waals surface area contributed by atoms with Crippen molar-refractivity contribution in [2.24, 2.45) is 0 Å². The van der Waals surface area contributed by atoms with Crippen molar-refractivity contribution in [3.05, 3.63) is 47.2 Å². The second kappa shape index (κ2) is 3.66. The Hall–Kier alpha value is -1.22. The van der Waals surface area contributed by atoms with E-state index in [4.69, 9.17) is 0 Å². The molecule has 0 unspecified atom stereocenters. The van der Waals surface area contributed by atoms with Crippen LogP contribution in [0, 0.1) is 0 Å². The van der Waals surface area contributed by atoms with Gasteiger partial charge in [0.1, 0.15) is 4.60 Å². The summed E-state index contributed by atoms with van der Waals surface area (Å²) in [5.74, 6) is 0. The Morgan fingerprint density at radius 3 is 2.46 bits per heavy atom. The topological polar surface area (TPSA) is 25.8 Å². The molecular formula is C10H7BrN2. The molecule has 2 aromatic rings. The van der Waals surface area contributed by atoms with Gasteiger partial charge in [0.25, 0.3) is 0 Å². The summed E-state index contributed by atoms with van der Waals surface area (Å²) in [5.41, 5.74) is 2.22. The number of nitrogens with zero attached hydrogens (tertiary/aromatic N) is 2. The third kappa shape index (κ3) is 1.92. The number of halogens is 1. The highest BCUT2D eigenvalue weighted by molar-refractivity contribution is 9.10. The zero-order chi connectivity index (χ0) is 9.10. The van der Waals surface area contributed by atoms with Crippen molar-refractivity contribution < 1.29 is 0 Å². The molecular weight excluding hydrogens is 228 g/mol. The van der Waals surface area contributed by atoms with E-state index in [0.29, 0.717) is 0 Å². The van der Waals surface area contributed by atoms with Crippen LogP contribution in [0.15, 0.2) is 47.2 Å². The summed E-state index contributed by atoms with van der Waals surface area (Å²) in [6, 6.07) is 12.0. The molecule has 3 heteroatoms. The van der Waals surface area contributed by atoms with Crippen LogP contribution in [0.3, 0.4) is 0 Å². The molecule has 2 nitrogen and oxygen atoms in total. The average Bonchev–Trinajstić information content (AvgIpc) is 2.19. The number of hydrogen-bond acceptors (Lipinski definition) is 2. The van der Waals surface area contributed by atoms with Gasteiger partial charge < -0.3 is 0 Å². The van der Waals surface area contributed by atoms with E-state index < -0.39 is 0 Å². The van der Waals surface area contributed by atoms with Crippen molar-refractivity contribution in [1.82, 2.24) is 10.2 Å². The summed E-state index contributed by atoms with van der Waals surface area (Å²) >= 11 is 3.29. The first-order valence-electron chi connectivity index (χ1n) is 3.90. The van der Waals surface area contributed by atoms with Gasteiger partial charge in [0.05, 0.1) is 6.20 Å². The maximum Gasteiger partial charge on any atom is 0.129 e. The van der Waals surface area contributed by atoms with E-state index in [1.165, 1.54) is 0 Å². The van der Waals surface area contributed by atoms with Gasteiger partial charge in [-0.05, 0) is 27.6 Å². The molecule has 0 saturated heterocycles. The van der Waals surface area contributed by atoms with Gasteiger partial charge >= 0.3 is 0 Å². The number of aromatic nitrogens is 2. The Morgan fingerprint density at radius 2 is 1.77 bits per heavy atom. The quantitative estimate of drug-likeness (QED) is 0.759. The van der Waals surface area contributed by atoms with Crippen molar-refractivity contribution >= 4 is 15.9 Å². The van der Waals surface area contributed by atoms with E-state index in [2.05, 4.69) is 26.1 Å². The molecule has 0 amide bonds. The molecule has 1 aromatic heterocycles. The summed E-state index contributed by atoms with van der Waals surface area (Å²) < 4.78 is 0.758. The van der Waals surface area contributed by atoms with Gasteiger partial charge in [-0.2, -0.15) is 5.10 Å². The van der Waals surface area contributed by atoms with E-state index >= 15 is 0 Å². The smallest absolute Gasteiger partial charge is 0.129 e. The average molecular weight is 235 g/mol. The van der Waals surface area contributed by atoms with E-state index in [-0.39, 0.29) is 0 Å². The van der Waals surface area contributed by atoms with Crippen LogP contribution in [-0.4, -0.2) is 10.2 Å². The van der Waals surface area contributed by atoms with Gasteiger partial charge in [0.2, 0.25) is 0 Å². The van der Waals surface area contributed by atoms with Crippen molar-refractivity contribution in [2.75, 3.05) is 0 Å². The summed E-state index contributed by atoms with van der Waals surface area (Å²) in [6.07, 6.45) is 1.75. The van der Waals surface area contributed by atoms with Crippen LogP contribution in [-0.2, 0) is 0 Å². The largest absolute Gasteiger partial charge is 0.157 e. The lowest BCUT2D eigenvalue weighted by atomic mass is 10.1. The van der Waals surface area contributed by atoms with Crippen molar-refractivity contribution in [3.63, 3.8) is 0 Å². The van der Waals surface area contributed by atoms with E-state index in [1.807, 2.05) is 36.4 Å². The fraction of sp³-hybridized carbons (Fsp3) is 0. The van der Waals surface area contributed by atoms with Crippen LogP contribution in [0.25, 0.3) is 11.1 Å². The maximum absolute atomic E-state index is 3.86. The summed E-state index contributed by atoms with van der Waals surface area (Å²) in [6.45, 7) is 0. The van der Waals surface area contributed by atoms with Gasteiger partial charge in [-0.25, -0.2) is 0 Å². The first-order valence-corrected chi connectivity index (χ1v) is 4.69. The molecule has 2 rings (SSSR count). The lowest BCUT2D eigenvalue weighted by Gasteiger charge is -1.99. The van der Waals surface area contributed by atoms with Crippen molar-refractivity contribution in [1.29, 1.82) is 0 Å². The highest BCUT2D eigenvalue weighted by Crippen LogP contribution is 2.19. The zero-order valence-electron chi connectivity index (χ0n) is 6.81. The summed E-state index contributed by atoms with van der Waals surface area (Å²) in [5, 5.41) is 7.70. The summed E-state index contributed by atoms with van der Waals surface area (Å²) in [4.78, 5) is 0. The minimum absolute atomic E-state index is 0.758. The highest BCUT2D eigenvalue weighted by Gasteiger charge is 1.97. The third-order valence-corrected chi connectivity index (χ3v) is 2.12. The number of hydrogen-bond donors (Lipinski definition) is 0. The normalized spacial score (nSPS) is 9.92. The Labute approximate surface area is 84.8 Å². The molecule has 1 heterocycles. The molecule has 0 N–H and O–H groups in total. The van der Waals surface area contributed by atoms with Gasteiger partial charge in [0.15, 0.2) is 0 Å². The Bertz CT molecular complexity index is 401. The molecule has 13 heavy (non-hydrogen) atoms. The lowest BCUT2D eigenvalue weighted by molar-refractivity contribution is 1.01. The molecule has 0 aliphatic carbocycles. The standard InChI is InChI=1S/C10H7BrN2/c11-10-6-9(7-12-13-10)8-4-2-1-3-5-8/h1-7H. The van der Waals surface area contributed by atoms with Crippen molar-refractivity contribution in [3.8, 4) is 11.1 Å². The monoisotopic (exact) mass is 234 g/mol. The van der Waals surface area contributed by atoms with Crippen LogP contribution >= 0.6 is 15.9 Å². The molecule has 0 aliphatic heterocycles. The number of benzene rings is 1. The first-order chi connectivity index (χ1) is 6.36. The molecule has 0 fully saturated rings. The van der Waals surface area contributed by atoms with Crippen molar-refractivity contribution in [2.45, 2.75) is 0 Å². The van der Waals surface area contributed by atoms with E-state index in [1.54, 1.807) is 6.20 Å².